The van der Waals surface area contributed by atoms with Crippen molar-refractivity contribution in [1.29, 1.82) is 0 Å². The molecule has 0 saturated carbocycles. The van der Waals surface area contributed by atoms with Crippen molar-refractivity contribution >= 4 is 45.1 Å². The summed E-state index contributed by atoms with van der Waals surface area (Å²) in [5.74, 6) is -1.41. The Morgan fingerprint density at radius 3 is 2.46 bits per heavy atom. The summed E-state index contributed by atoms with van der Waals surface area (Å²) in [6.45, 7) is 4.12. The Kier molecular flexibility index (Phi) is 7.62. The highest BCUT2D eigenvalue weighted by Crippen LogP contribution is 2.34. The largest absolute Gasteiger partial charge is 0.462 e. The molecule has 0 atom stereocenters. The third kappa shape index (κ3) is 5.60. The highest BCUT2D eigenvalue weighted by molar-refractivity contribution is 7.18. The Hall–Kier alpha value is -3.91. The second kappa shape index (κ2) is 11.0. The molecular formula is C27H26N2O5S. The first-order valence-corrected chi connectivity index (χ1v) is 12.1. The number of aryl methyl sites for hydroxylation is 1. The normalized spacial score (nSPS) is 10.8. The lowest BCUT2D eigenvalue weighted by Crippen LogP contribution is -2.16. The Balaban J connectivity index is 1.49. The van der Waals surface area contributed by atoms with Gasteiger partial charge in [-0.15, -0.1) is 11.3 Å². The van der Waals surface area contributed by atoms with Crippen molar-refractivity contribution in [3.05, 3.63) is 88.4 Å². The van der Waals surface area contributed by atoms with Gasteiger partial charge in [0.05, 0.1) is 12.2 Å². The van der Waals surface area contributed by atoms with E-state index in [1.54, 1.807) is 13.8 Å². The number of nitrogens with one attached hydrogen (secondary N) is 1. The summed E-state index contributed by atoms with van der Waals surface area (Å²) in [4.78, 5) is 38.5. The molecule has 4 aromatic rings. The van der Waals surface area contributed by atoms with E-state index in [1.165, 1.54) is 0 Å². The standard InChI is InChI=1S/C27H26N2O5S/c1-3-33-26(31)23-18(2)24(27(32)34-17-19-9-5-4-6-10-19)35-25(23)28-22(30)14-16-29-15-13-20-11-7-8-12-21(20)29/h4-13,15H,3,14,16-17H2,1-2H3,(H,28,30). The summed E-state index contributed by atoms with van der Waals surface area (Å²) in [7, 11) is 0. The van der Waals surface area contributed by atoms with Gasteiger partial charge >= 0.3 is 11.9 Å². The quantitative estimate of drug-likeness (QED) is 0.310. The molecule has 1 amide bonds. The number of benzene rings is 2. The number of anilines is 1. The lowest BCUT2D eigenvalue weighted by molar-refractivity contribution is -0.116. The highest BCUT2D eigenvalue weighted by atomic mass is 32.1. The zero-order valence-corrected chi connectivity index (χ0v) is 20.4. The predicted molar refractivity (Wildman–Crippen MR) is 136 cm³/mol. The molecule has 2 aromatic heterocycles. The topological polar surface area (TPSA) is 86.6 Å². The van der Waals surface area contributed by atoms with Gasteiger partial charge in [-0.05, 0) is 42.5 Å². The average Bonchev–Trinajstić information content (AvgIpc) is 3.42. The number of carbonyl (C=O) groups excluding carboxylic acids is 3. The second-order valence-electron chi connectivity index (χ2n) is 7.91. The van der Waals surface area contributed by atoms with Crippen LogP contribution in [0.2, 0.25) is 0 Å². The number of carbonyl (C=O) groups is 3. The number of aromatic nitrogens is 1. The molecule has 0 radical (unpaired) electrons. The number of thiophene rings is 1. The van der Waals surface area contributed by atoms with Gasteiger partial charge in [0.25, 0.3) is 0 Å². The Labute approximate surface area is 207 Å². The van der Waals surface area contributed by atoms with Crippen molar-refractivity contribution in [1.82, 2.24) is 4.57 Å². The van der Waals surface area contributed by atoms with Crippen LogP contribution in [-0.4, -0.2) is 29.0 Å². The summed E-state index contributed by atoms with van der Waals surface area (Å²) in [6.07, 6.45) is 2.14. The average molecular weight is 491 g/mol. The maximum Gasteiger partial charge on any atom is 0.349 e. The molecule has 0 aliphatic heterocycles. The molecule has 35 heavy (non-hydrogen) atoms. The minimum atomic E-state index is -0.588. The fourth-order valence-corrected chi connectivity index (χ4v) is 4.89. The lowest BCUT2D eigenvalue weighted by atomic mass is 10.1. The van der Waals surface area contributed by atoms with Gasteiger partial charge in [-0.3, -0.25) is 4.79 Å². The van der Waals surface area contributed by atoms with Gasteiger partial charge in [-0.1, -0.05) is 48.5 Å². The van der Waals surface area contributed by atoms with Gasteiger partial charge in [0.1, 0.15) is 16.5 Å². The van der Waals surface area contributed by atoms with Crippen LogP contribution in [0.4, 0.5) is 5.00 Å². The number of ether oxygens (including phenoxy) is 2. The van der Waals surface area contributed by atoms with E-state index >= 15 is 0 Å². The minimum absolute atomic E-state index is 0.109. The zero-order valence-electron chi connectivity index (χ0n) is 19.6. The van der Waals surface area contributed by atoms with Crippen molar-refractivity contribution in [2.24, 2.45) is 0 Å². The molecule has 0 fully saturated rings. The lowest BCUT2D eigenvalue weighted by Gasteiger charge is -2.08. The predicted octanol–water partition coefficient (Wildman–Crippen LogP) is 5.57. The summed E-state index contributed by atoms with van der Waals surface area (Å²) in [6, 6.07) is 19.3. The Morgan fingerprint density at radius 2 is 1.69 bits per heavy atom. The molecule has 2 heterocycles. The number of amides is 1. The fraction of sp³-hybridized carbons (Fsp3) is 0.222. The van der Waals surface area contributed by atoms with Crippen LogP contribution in [0.5, 0.6) is 0 Å². The Bertz CT molecular complexity index is 1360. The van der Waals surface area contributed by atoms with Gasteiger partial charge in [0.15, 0.2) is 0 Å². The van der Waals surface area contributed by atoms with Gasteiger partial charge in [-0.25, -0.2) is 9.59 Å². The minimum Gasteiger partial charge on any atom is -0.462 e. The molecule has 180 valence electrons. The maximum atomic E-state index is 12.8. The molecule has 4 rings (SSSR count). The van der Waals surface area contributed by atoms with E-state index in [2.05, 4.69) is 5.32 Å². The molecule has 0 spiro atoms. The van der Waals surface area contributed by atoms with Crippen molar-refractivity contribution in [2.75, 3.05) is 11.9 Å². The summed E-state index contributed by atoms with van der Waals surface area (Å²) in [5, 5.41) is 4.20. The number of rotatable bonds is 9. The molecule has 0 aliphatic rings. The monoisotopic (exact) mass is 490 g/mol. The number of para-hydroxylation sites is 1. The number of hydrogen-bond acceptors (Lipinski definition) is 6. The second-order valence-corrected chi connectivity index (χ2v) is 8.93. The molecule has 8 heteroatoms. The summed E-state index contributed by atoms with van der Waals surface area (Å²) >= 11 is 1.02. The van der Waals surface area contributed by atoms with E-state index in [1.807, 2.05) is 71.4 Å². The maximum absolute atomic E-state index is 12.8. The zero-order chi connectivity index (χ0) is 24.8. The van der Waals surface area contributed by atoms with E-state index in [0.717, 1.165) is 27.8 Å². The summed E-state index contributed by atoms with van der Waals surface area (Å²) in [5.41, 5.74) is 2.51. The molecule has 0 bridgehead atoms. The van der Waals surface area contributed by atoms with Crippen LogP contribution in [0.3, 0.4) is 0 Å². The first-order chi connectivity index (χ1) is 17.0. The van der Waals surface area contributed by atoms with Crippen LogP contribution in [0.1, 0.15) is 44.5 Å². The molecule has 0 unspecified atom stereocenters. The number of esters is 2. The van der Waals surface area contributed by atoms with Gasteiger partial charge in [-0.2, -0.15) is 0 Å². The van der Waals surface area contributed by atoms with E-state index < -0.39 is 11.9 Å². The van der Waals surface area contributed by atoms with E-state index in [-0.39, 0.29) is 41.0 Å². The molecular weight excluding hydrogens is 464 g/mol. The summed E-state index contributed by atoms with van der Waals surface area (Å²) < 4.78 is 12.6. The van der Waals surface area contributed by atoms with Crippen molar-refractivity contribution in [3.63, 3.8) is 0 Å². The third-order valence-electron chi connectivity index (χ3n) is 5.54. The molecule has 1 N–H and O–H groups in total. The molecule has 7 nitrogen and oxygen atoms in total. The van der Waals surface area contributed by atoms with Gasteiger partial charge < -0.3 is 19.4 Å². The smallest absolute Gasteiger partial charge is 0.349 e. The van der Waals surface area contributed by atoms with Crippen LogP contribution >= 0.6 is 11.3 Å². The Morgan fingerprint density at radius 1 is 0.943 bits per heavy atom. The van der Waals surface area contributed by atoms with Crippen molar-refractivity contribution in [3.8, 4) is 0 Å². The van der Waals surface area contributed by atoms with Crippen LogP contribution in [0.25, 0.3) is 10.9 Å². The molecule has 2 aromatic carbocycles. The fourth-order valence-electron chi connectivity index (χ4n) is 3.78. The third-order valence-corrected chi connectivity index (χ3v) is 6.72. The number of fused-ring (bicyclic) bond motifs is 1. The number of nitrogens with zero attached hydrogens (tertiary/aromatic N) is 1. The van der Waals surface area contributed by atoms with Gasteiger partial charge in [0.2, 0.25) is 5.91 Å². The highest BCUT2D eigenvalue weighted by Gasteiger charge is 2.27. The molecule has 0 aliphatic carbocycles. The first kappa shape index (κ1) is 24.2. The number of hydrogen-bond donors (Lipinski definition) is 1. The van der Waals surface area contributed by atoms with E-state index in [9.17, 15) is 14.4 Å². The van der Waals surface area contributed by atoms with Crippen LogP contribution in [0, 0.1) is 6.92 Å². The van der Waals surface area contributed by atoms with Crippen molar-refractivity contribution < 1.29 is 23.9 Å². The van der Waals surface area contributed by atoms with E-state index in [0.29, 0.717) is 12.1 Å². The van der Waals surface area contributed by atoms with Crippen LogP contribution < -0.4 is 5.32 Å². The van der Waals surface area contributed by atoms with Crippen LogP contribution in [0.15, 0.2) is 66.9 Å². The van der Waals surface area contributed by atoms with Crippen molar-refractivity contribution in [2.45, 2.75) is 33.4 Å². The van der Waals surface area contributed by atoms with Crippen LogP contribution in [-0.2, 0) is 27.4 Å². The van der Waals surface area contributed by atoms with Gasteiger partial charge in [0, 0.05) is 24.7 Å². The SMILES string of the molecule is CCOC(=O)c1c(NC(=O)CCn2ccc3ccccc32)sc(C(=O)OCc2ccccc2)c1C. The molecule has 0 saturated heterocycles. The first-order valence-electron chi connectivity index (χ1n) is 11.3. The van der Waals surface area contributed by atoms with E-state index in [4.69, 9.17) is 9.47 Å².